The van der Waals surface area contributed by atoms with E-state index in [9.17, 15) is 4.79 Å². The first-order valence-electron chi connectivity index (χ1n) is 7.44. The fourth-order valence-corrected chi connectivity index (χ4v) is 4.49. The molecule has 1 heterocycles. The third kappa shape index (κ3) is 3.69. The molecule has 4 nitrogen and oxygen atoms in total. The Hall–Kier alpha value is -1.15. The molecular formula is C18H14Br3NO3. The summed E-state index contributed by atoms with van der Waals surface area (Å²) in [4.78, 5) is 14.3. The molecule has 0 saturated carbocycles. The predicted molar refractivity (Wildman–Crippen MR) is 110 cm³/mol. The smallest absolute Gasteiger partial charge is 0.258 e. The lowest BCUT2D eigenvalue weighted by Crippen LogP contribution is -2.20. The van der Waals surface area contributed by atoms with Crippen LogP contribution < -0.4 is 9.64 Å². The Bertz CT molecular complexity index is 857. The summed E-state index contributed by atoms with van der Waals surface area (Å²) in [5, 5.41) is 8.91. The fraction of sp³-hybridized carbons (Fsp3) is 0.167. The van der Waals surface area contributed by atoms with Gasteiger partial charge in [0.2, 0.25) is 0 Å². The highest BCUT2D eigenvalue weighted by atomic mass is 79.9. The van der Waals surface area contributed by atoms with Crippen LogP contribution in [-0.2, 0) is 4.79 Å². The molecule has 7 heteroatoms. The van der Waals surface area contributed by atoms with E-state index in [0.29, 0.717) is 11.3 Å². The normalized spacial score (nSPS) is 15.0. The van der Waals surface area contributed by atoms with Gasteiger partial charge >= 0.3 is 0 Å². The number of likely N-dealkylation sites (N-methyl/N-ethyl adjacent to an activating group) is 1. The van der Waals surface area contributed by atoms with Crippen LogP contribution in [0.2, 0.25) is 0 Å². The van der Waals surface area contributed by atoms with Crippen LogP contribution in [0.4, 0.5) is 5.69 Å². The largest absolute Gasteiger partial charge is 0.489 e. The molecule has 130 valence electrons. The summed E-state index contributed by atoms with van der Waals surface area (Å²) in [6.45, 7) is 0.152. The van der Waals surface area contributed by atoms with Crippen molar-refractivity contribution in [1.29, 1.82) is 0 Å². The van der Waals surface area contributed by atoms with Crippen molar-refractivity contribution in [1.82, 2.24) is 0 Å². The average Bonchev–Trinajstić information content (AvgIpc) is 2.79. The van der Waals surface area contributed by atoms with Crippen molar-refractivity contribution in [3.8, 4) is 5.75 Å². The first-order valence-corrected chi connectivity index (χ1v) is 9.82. The van der Waals surface area contributed by atoms with Crippen LogP contribution >= 0.6 is 47.8 Å². The topological polar surface area (TPSA) is 49.8 Å². The molecule has 1 amide bonds. The minimum absolute atomic E-state index is 0.0408. The maximum absolute atomic E-state index is 12.6. The average molecular weight is 532 g/mol. The van der Waals surface area contributed by atoms with Crippen LogP contribution in [0.1, 0.15) is 11.1 Å². The van der Waals surface area contributed by atoms with Gasteiger partial charge in [0.1, 0.15) is 12.4 Å². The second-order valence-corrected chi connectivity index (χ2v) is 8.09. The molecule has 0 bridgehead atoms. The molecule has 0 atom stereocenters. The number of rotatable bonds is 4. The van der Waals surface area contributed by atoms with Crippen molar-refractivity contribution in [2.45, 2.75) is 0 Å². The quantitative estimate of drug-likeness (QED) is 0.573. The number of fused-ring (bicyclic) bond motifs is 1. The van der Waals surface area contributed by atoms with Gasteiger partial charge in [0, 0.05) is 22.7 Å². The van der Waals surface area contributed by atoms with Gasteiger partial charge in [0.15, 0.2) is 0 Å². The molecule has 0 radical (unpaired) electrons. The van der Waals surface area contributed by atoms with Gasteiger partial charge in [-0.05, 0) is 73.8 Å². The minimum Gasteiger partial charge on any atom is -0.489 e. The fourth-order valence-electron chi connectivity index (χ4n) is 2.68. The molecule has 1 N–H and O–H groups in total. The zero-order valence-electron chi connectivity index (χ0n) is 13.2. The first-order chi connectivity index (χ1) is 11.9. The minimum atomic E-state index is -0.0584. The Kier molecular flexibility index (Phi) is 5.68. The highest BCUT2D eigenvalue weighted by molar-refractivity contribution is 9.11. The maximum Gasteiger partial charge on any atom is 0.258 e. The number of ether oxygens (including phenoxy) is 1. The molecule has 1 aliphatic rings. The summed E-state index contributed by atoms with van der Waals surface area (Å²) in [5.74, 6) is 0.579. The Morgan fingerprint density at radius 3 is 2.48 bits per heavy atom. The third-order valence-corrected chi connectivity index (χ3v) is 5.49. The van der Waals surface area contributed by atoms with E-state index in [4.69, 9.17) is 9.84 Å². The third-order valence-electron chi connectivity index (χ3n) is 3.81. The molecule has 25 heavy (non-hydrogen) atoms. The van der Waals surface area contributed by atoms with E-state index in [1.54, 1.807) is 11.9 Å². The number of nitrogens with zero attached hydrogens (tertiary/aromatic N) is 1. The number of halogens is 3. The highest BCUT2D eigenvalue weighted by Crippen LogP contribution is 2.40. The molecule has 0 spiro atoms. The monoisotopic (exact) mass is 529 g/mol. The van der Waals surface area contributed by atoms with Crippen LogP contribution in [0.3, 0.4) is 0 Å². The van der Waals surface area contributed by atoms with E-state index in [1.165, 1.54) is 0 Å². The number of hydrogen-bond donors (Lipinski definition) is 1. The number of carbonyl (C=O) groups excluding carboxylic acids is 1. The van der Waals surface area contributed by atoms with Crippen molar-refractivity contribution >= 4 is 71.0 Å². The van der Waals surface area contributed by atoms with Gasteiger partial charge in [0.25, 0.3) is 5.91 Å². The van der Waals surface area contributed by atoms with Gasteiger partial charge in [-0.2, -0.15) is 0 Å². The molecule has 3 rings (SSSR count). The van der Waals surface area contributed by atoms with Crippen LogP contribution in [-0.4, -0.2) is 31.3 Å². The lowest BCUT2D eigenvalue weighted by Gasteiger charge is -2.10. The van der Waals surface area contributed by atoms with E-state index >= 15 is 0 Å². The Morgan fingerprint density at radius 1 is 1.16 bits per heavy atom. The van der Waals surface area contributed by atoms with Gasteiger partial charge in [0.05, 0.1) is 21.2 Å². The van der Waals surface area contributed by atoms with Gasteiger partial charge < -0.3 is 14.7 Å². The standard InChI is InChI=1S/C18H14Br3NO3/c1-22-16-3-2-11(19)9-12(16)13(18(22)24)6-10-7-14(20)17(15(21)8-10)25-5-4-23/h2-3,6-9,23H,4-5H2,1H3/b13-6-. The molecule has 2 aromatic rings. The number of carbonyl (C=O) groups is 1. The van der Waals surface area contributed by atoms with E-state index in [0.717, 1.165) is 30.2 Å². The summed E-state index contributed by atoms with van der Waals surface area (Å²) in [6.07, 6.45) is 1.86. The molecule has 1 aliphatic heterocycles. The summed E-state index contributed by atoms with van der Waals surface area (Å²) in [6, 6.07) is 9.56. The van der Waals surface area contributed by atoms with Crippen molar-refractivity contribution in [2.75, 3.05) is 25.2 Å². The number of aliphatic hydroxyl groups excluding tert-OH is 1. The molecular weight excluding hydrogens is 518 g/mol. The summed E-state index contributed by atoms with van der Waals surface area (Å²) in [5.41, 5.74) is 3.29. The second-order valence-electron chi connectivity index (χ2n) is 5.47. The van der Waals surface area contributed by atoms with Gasteiger partial charge in [-0.25, -0.2) is 0 Å². The number of amides is 1. The van der Waals surface area contributed by atoms with E-state index in [-0.39, 0.29) is 19.1 Å². The number of hydrogen-bond acceptors (Lipinski definition) is 3. The molecule has 2 aromatic carbocycles. The lowest BCUT2D eigenvalue weighted by atomic mass is 10.0. The molecule has 0 aromatic heterocycles. The van der Waals surface area contributed by atoms with Gasteiger partial charge in [-0.15, -0.1) is 0 Å². The Balaban J connectivity index is 2.04. The second kappa shape index (κ2) is 7.61. The zero-order valence-corrected chi connectivity index (χ0v) is 18.0. The molecule has 0 saturated heterocycles. The van der Waals surface area contributed by atoms with Crippen molar-refractivity contribution in [3.05, 3.63) is 54.9 Å². The Labute approximate surface area is 170 Å². The summed E-state index contributed by atoms with van der Waals surface area (Å²) >= 11 is 10.4. The number of benzene rings is 2. The van der Waals surface area contributed by atoms with Crippen LogP contribution in [0, 0.1) is 0 Å². The number of aliphatic hydroxyl groups is 1. The summed E-state index contributed by atoms with van der Waals surface area (Å²) < 4.78 is 7.92. The van der Waals surface area contributed by atoms with E-state index < -0.39 is 0 Å². The van der Waals surface area contributed by atoms with Crippen molar-refractivity contribution in [2.24, 2.45) is 0 Å². The van der Waals surface area contributed by atoms with Crippen LogP contribution in [0.15, 0.2) is 43.7 Å². The van der Waals surface area contributed by atoms with E-state index in [1.807, 2.05) is 36.4 Å². The lowest BCUT2D eigenvalue weighted by molar-refractivity contribution is -0.112. The van der Waals surface area contributed by atoms with Crippen molar-refractivity contribution in [3.63, 3.8) is 0 Å². The predicted octanol–water partition coefficient (Wildman–Crippen LogP) is 4.86. The van der Waals surface area contributed by atoms with Crippen LogP contribution in [0.5, 0.6) is 5.75 Å². The maximum atomic E-state index is 12.6. The molecule has 0 fully saturated rings. The first kappa shape index (κ1) is 18.6. The molecule has 0 aliphatic carbocycles. The number of anilines is 1. The van der Waals surface area contributed by atoms with Gasteiger partial charge in [-0.1, -0.05) is 15.9 Å². The van der Waals surface area contributed by atoms with Crippen molar-refractivity contribution < 1.29 is 14.6 Å². The Morgan fingerprint density at radius 2 is 1.84 bits per heavy atom. The van der Waals surface area contributed by atoms with Crippen LogP contribution in [0.25, 0.3) is 11.6 Å². The highest BCUT2D eigenvalue weighted by Gasteiger charge is 2.29. The summed E-state index contributed by atoms with van der Waals surface area (Å²) in [7, 11) is 1.77. The van der Waals surface area contributed by atoms with Gasteiger partial charge in [-0.3, -0.25) is 4.79 Å². The molecule has 0 unspecified atom stereocenters. The zero-order chi connectivity index (χ0) is 18.1. The van der Waals surface area contributed by atoms with E-state index in [2.05, 4.69) is 47.8 Å². The SMILES string of the molecule is CN1C(=O)/C(=C\c2cc(Br)c(OCCO)c(Br)c2)c2cc(Br)ccc21.